The molecule has 0 bridgehead atoms. The zero-order valence-corrected chi connectivity index (χ0v) is 18.5. The summed E-state index contributed by atoms with van der Waals surface area (Å²) in [7, 11) is -1.61. The van der Waals surface area contributed by atoms with Crippen LogP contribution in [-0.4, -0.2) is 32.3 Å². The van der Waals surface area contributed by atoms with E-state index in [1.165, 1.54) is 44.2 Å². The number of carbonyl (C=O) groups excluding carboxylic acids is 1. The van der Waals surface area contributed by atoms with Gasteiger partial charge in [-0.15, -0.1) is 0 Å². The van der Waals surface area contributed by atoms with Gasteiger partial charge in [0, 0.05) is 24.7 Å². The van der Waals surface area contributed by atoms with Crippen molar-refractivity contribution >= 4 is 27.3 Å². The van der Waals surface area contributed by atoms with Crippen LogP contribution in [0, 0.1) is 0 Å². The van der Waals surface area contributed by atoms with Crippen LogP contribution in [0.4, 0.5) is 11.4 Å². The highest BCUT2D eigenvalue weighted by molar-refractivity contribution is 7.92. The average Bonchev–Trinajstić information content (AvgIpc) is 2.76. The Bertz CT molecular complexity index is 952. The lowest BCUT2D eigenvalue weighted by atomic mass is 9.94. The van der Waals surface area contributed by atoms with Gasteiger partial charge in [0.2, 0.25) is 5.91 Å². The van der Waals surface area contributed by atoms with Crippen molar-refractivity contribution in [1.82, 2.24) is 4.90 Å². The van der Waals surface area contributed by atoms with Crippen LogP contribution >= 0.6 is 0 Å². The van der Waals surface area contributed by atoms with Crippen LogP contribution < -0.4 is 10.0 Å². The molecule has 0 saturated heterocycles. The second-order valence-corrected chi connectivity index (χ2v) is 9.58. The molecule has 0 radical (unpaired) electrons. The first kappa shape index (κ1) is 22.3. The Morgan fingerprint density at radius 3 is 2.37 bits per heavy atom. The van der Waals surface area contributed by atoms with Gasteiger partial charge in [-0.1, -0.05) is 44.4 Å². The van der Waals surface area contributed by atoms with Crippen molar-refractivity contribution in [2.24, 2.45) is 0 Å². The molecule has 0 aliphatic heterocycles. The summed E-state index contributed by atoms with van der Waals surface area (Å²) in [6.07, 6.45) is 6.60. The second kappa shape index (κ2) is 10.1. The molecule has 162 valence electrons. The number of hydrogen-bond acceptors (Lipinski definition) is 4. The Labute approximate surface area is 179 Å². The molecular weight excluding hydrogens is 398 g/mol. The minimum absolute atomic E-state index is 0.111. The maximum Gasteiger partial charge on any atom is 0.261 e. The Hall–Kier alpha value is -2.38. The minimum Gasteiger partial charge on any atom is -0.326 e. The maximum atomic E-state index is 12.9. The number of benzene rings is 2. The number of hydrogen-bond donors (Lipinski definition) is 2. The van der Waals surface area contributed by atoms with Gasteiger partial charge in [-0.2, -0.15) is 0 Å². The molecule has 0 atom stereocenters. The first-order chi connectivity index (χ1) is 14.4. The number of rotatable bonds is 8. The highest BCUT2D eigenvalue weighted by atomic mass is 32.2. The van der Waals surface area contributed by atoms with Gasteiger partial charge in [-0.3, -0.25) is 14.4 Å². The fourth-order valence-electron chi connectivity index (χ4n) is 3.85. The summed E-state index contributed by atoms with van der Waals surface area (Å²) < 4.78 is 28.6. The number of anilines is 2. The van der Waals surface area contributed by atoms with Crippen molar-refractivity contribution in [1.29, 1.82) is 0 Å². The van der Waals surface area contributed by atoms with Gasteiger partial charge in [0.15, 0.2) is 0 Å². The van der Waals surface area contributed by atoms with Crippen molar-refractivity contribution in [3.63, 3.8) is 0 Å². The van der Waals surface area contributed by atoms with Gasteiger partial charge >= 0.3 is 0 Å². The molecule has 0 heterocycles. The zero-order chi connectivity index (χ0) is 21.6. The summed E-state index contributed by atoms with van der Waals surface area (Å²) in [6, 6.07) is 14.3. The van der Waals surface area contributed by atoms with E-state index in [4.69, 9.17) is 0 Å². The number of nitrogens with one attached hydrogen (secondary N) is 2. The van der Waals surface area contributed by atoms with Crippen molar-refractivity contribution in [3.8, 4) is 0 Å². The van der Waals surface area contributed by atoms with Crippen molar-refractivity contribution in [2.45, 2.75) is 62.9 Å². The Kier molecular flexibility index (Phi) is 7.50. The third kappa shape index (κ3) is 5.83. The van der Waals surface area contributed by atoms with E-state index in [9.17, 15) is 13.2 Å². The molecule has 2 aromatic carbocycles. The second-order valence-electron chi connectivity index (χ2n) is 7.90. The summed E-state index contributed by atoms with van der Waals surface area (Å²) in [6.45, 7) is 2.46. The maximum absolute atomic E-state index is 12.9. The van der Waals surface area contributed by atoms with Gasteiger partial charge in [0.05, 0.1) is 10.6 Å². The Balaban J connectivity index is 1.72. The predicted molar refractivity (Wildman–Crippen MR) is 121 cm³/mol. The first-order valence-corrected chi connectivity index (χ1v) is 12.1. The van der Waals surface area contributed by atoms with E-state index in [1.807, 2.05) is 18.2 Å². The SMILES string of the molecule is CCC(=O)Nc1ccc(S(=O)(=O)Nc2ccccc2CN(C)C2CCCCC2)cc1. The lowest BCUT2D eigenvalue weighted by Gasteiger charge is -2.31. The fraction of sp³-hybridized carbons (Fsp3) is 0.435. The van der Waals surface area contributed by atoms with E-state index in [0.29, 0.717) is 30.4 Å². The third-order valence-corrected chi connectivity index (χ3v) is 7.03. The molecule has 1 aliphatic rings. The molecule has 1 amide bonds. The summed E-state index contributed by atoms with van der Waals surface area (Å²) in [5.74, 6) is -0.111. The number of amides is 1. The fourth-order valence-corrected chi connectivity index (χ4v) is 4.95. The largest absolute Gasteiger partial charge is 0.326 e. The molecule has 6 nitrogen and oxygen atoms in total. The Morgan fingerprint density at radius 1 is 1.03 bits per heavy atom. The third-order valence-electron chi connectivity index (χ3n) is 5.65. The van der Waals surface area contributed by atoms with Crippen LogP contribution in [0.5, 0.6) is 0 Å². The van der Waals surface area contributed by atoms with E-state index in [1.54, 1.807) is 25.1 Å². The van der Waals surface area contributed by atoms with Crippen LogP contribution in [0.15, 0.2) is 53.4 Å². The number of para-hydroxylation sites is 1. The normalized spacial score (nSPS) is 15.2. The predicted octanol–water partition coefficient (Wildman–Crippen LogP) is 4.60. The first-order valence-electron chi connectivity index (χ1n) is 10.6. The van der Waals surface area contributed by atoms with E-state index in [-0.39, 0.29) is 10.8 Å². The van der Waals surface area contributed by atoms with Crippen molar-refractivity contribution in [2.75, 3.05) is 17.1 Å². The highest BCUT2D eigenvalue weighted by Crippen LogP contribution is 2.26. The minimum atomic E-state index is -3.73. The molecule has 2 N–H and O–H groups in total. The quantitative estimate of drug-likeness (QED) is 0.643. The standard InChI is InChI=1S/C23H31N3O3S/c1-3-23(27)24-19-13-15-21(16-14-19)30(28,29)25-22-12-8-7-9-18(22)17-26(2)20-10-5-4-6-11-20/h7-9,12-16,20,25H,3-6,10-11,17H2,1-2H3,(H,24,27). The Morgan fingerprint density at radius 2 is 1.70 bits per heavy atom. The van der Waals surface area contributed by atoms with Crippen LogP contribution in [0.1, 0.15) is 51.0 Å². The summed E-state index contributed by atoms with van der Waals surface area (Å²) in [5, 5.41) is 2.72. The van der Waals surface area contributed by atoms with Crippen molar-refractivity contribution in [3.05, 3.63) is 54.1 Å². The number of sulfonamides is 1. The molecule has 2 aromatic rings. The van der Waals surface area contributed by atoms with Gasteiger partial charge < -0.3 is 5.32 Å². The van der Waals surface area contributed by atoms with Gasteiger partial charge in [-0.25, -0.2) is 8.42 Å². The smallest absolute Gasteiger partial charge is 0.261 e. The lowest BCUT2D eigenvalue weighted by Crippen LogP contribution is -2.33. The topological polar surface area (TPSA) is 78.5 Å². The van der Waals surface area contributed by atoms with E-state index < -0.39 is 10.0 Å². The molecule has 0 aromatic heterocycles. The van der Waals surface area contributed by atoms with Crippen LogP contribution in [0.3, 0.4) is 0 Å². The van der Waals surface area contributed by atoms with E-state index in [0.717, 1.165) is 5.56 Å². The summed E-state index contributed by atoms with van der Waals surface area (Å²) >= 11 is 0. The van der Waals surface area contributed by atoms with Crippen LogP contribution in [0.2, 0.25) is 0 Å². The van der Waals surface area contributed by atoms with Gasteiger partial charge in [-0.05, 0) is 55.8 Å². The number of nitrogens with zero attached hydrogens (tertiary/aromatic N) is 1. The summed E-state index contributed by atoms with van der Waals surface area (Å²) in [4.78, 5) is 14.0. The number of carbonyl (C=O) groups is 1. The molecular formula is C23H31N3O3S. The molecule has 3 rings (SSSR count). The van der Waals surface area contributed by atoms with Crippen LogP contribution in [0.25, 0.3) is 0 Å². The lowest BCUT2D eigenvalue weighted by molar-refractivity contribution is -0.115. The zero-order valence-electron chi connectivity index (χ0n) is 17.7. The highest BCUT2D eigenvalue weighted by Gasteiger charge is 2.20. The van der Waals surface area contributed by atoms with Gasteiger partial charge in [0.1, 0.15) is 0 Å². The monoisotopic (exact) mass is 429 g/mol. The molecule has 7 heteroatoms. The molecule has 1 aliphatic carbocycles. The van der Waals surface area contributed by atoms with Crippen LogP contribution in [-0.2, 0) is 21.4 Å². The van der Waals surface area contributed by atoms with Crippen molar-refractivity contribution < 1.29 is 13.2 Å². The molecule has 30 heavy (non-hydrogen) atoms. The molecule has 0 unspecified atom stereocenters. The summed E-state index contributed by atoms with van der Waals surface area (Å²) in [5.41, 5.74) is 2.14. The van der Waals surface area contributed by atoms with Gasteiger partial charge in [0.25, 0.3) is 10.0 Å². The van der Waals surface area contributed by atoms with E-state index >= 15 is 0 Å². The molecule has 0 spiro atoms. The molecule has 1 fully saturated rings. The van der Waals surface area contributed by atoms with E-state index in [2.05, 4.69) is 22.0 Å². The molecule has 1 saturated carbocycles. The average molecular weight is 430 g/mol.